The molecule has 0 aliphatic heterocycles. The molecule has 4 N–H and O–H groups in total. The van der Waals surface area contributed by atoms with Gasteiger partial charge in [-0.25, -0.2) is 19.7 Å². The fourth-order valence-electron chi connectivity index (χ4n) is 3.74. The number of carboxylic acid groups (broad SMARTS) is 1. The van der Waals surface area contributed by atoms with Gasteiger partial charge in [0.05, 0.1) is 16.3 Å². The first-order valence-corrected chi connectivity index (χ1v) is 13.9. The molecular formula is C28H27Cl2F3N8O3. The van der Waals surface area contributed by atoms with E-state index in [1.165, 1.54) is 6.20 Å². The molecule has 0 saturated heterocycles. The van der Waals surface area contributed by atoms with E-state index in [4.69, 9.17) is 43.3 Å². The van der Waals surface area contributed by atoms with Crippen molar-refractivity contribution in [3.63, 3.8) is 0 Å². The third kappa shape index (κ3) is 9.19. The van der Waals surface area contributed by atoms with E-state index in [1.807, 2.05) is 19.9 Å². The smallest absolute Gasteiger partial charge is 0.475 e. The summed E-state index contributed by atoms with van der Waals surface area (Å²) in [6.07, 6.45) is -0.223. The molecule has 16 heteroatoms. The summed E-state index contributed by atoms with van der Waals surface area (Å²) in [5.41, 5.74) is 2.64. The van der Waals surface area contributed by atoms with Crippen LogP contribution in [0.3, 0.4) is 0 Å². The number of carbonyl (C=O) groups excluding carboxylic acids is 1. The maximum Gasteiger partial charge on any atom is 0.490 e. The molecule has 0 aliphatic carbocycles. The number of fused-ring (bicyclic) bond motifs is 1. The monoisotopic (exact) mass is 650 g/mol. The number of nitrogens with one attached hydrogen (secondary N) is 3. The van der Waals surface area contributed by atoms with E-state index in [0.29, 0.717) is 63.1 Å². The number of anilines is 2. The molecule has 232 valence electrons. The lowest BCUT2D eigenvalue weighted by Crippen LogP contribution is -2.33. The molecule has 4 rings (SSSR count). The third-order valence-electron chi connectivity index (χ3n) is 6.06. The Labute approximate surface area is 260 Å². The molecule has 0 aliphatic rings. The standard InChI is InChI=1S/C26H26Cl2N8O.C2HF3O2/c1-3-18(4-2)33-25(37)22-15-36-24(34-22)12-21(19-7-6-17(27)11-20(19)28)35-26(36)31-10-9-30-23-8-5-16(13-29)14-32-23;3-2(4,5)1(6)7/h5-8,11-12,14-15,18H,3-4,9-10H2,1-2H3,(H,30,32)(H,31,35)(H,33,37);(H,6,7). The van der Waals surface area contributed by atoms with E-state index in [2.05, 4.69) is 25.9 Å². The fourth-order valence-corrected chi connectivity index (χ4v) is 4.24. The summed E-state index contributed by atoms with van der Waals surface area (Å²) in [4.78, 5) is 35.3. The lowest BCUT2D eigenvalue weighted by atomic mass is 10.1. The van der Waals surface area contributed by atoms with Crippen LogP contribution in [0, 0.1) is 11.3 Å². The molecule has 1 amide bonds. The van der Waals surface area contributed by atoms with E-state index in [0.717, 1.165) is 12.8 Å². The Morgan fingerprint density at radius 2 is 1.75 bits per heavy atom. The number of halogens is 5. The van der Waals surface area contributed by atoms with Gasteiger partial charge in [0.1, 0.15) is 23.2 Å². The summed E-state index contributed by atoms with van der Waals surface area (Å²) in [5, 5.41) is 26.6. The number of amides is 1. The Kier molecular flexibility index (Phi) is 11.7. The summed E-state index contributed by atoms with van der Waals surface area (Å²) < 4.78 is 33.5. The summed E-state index contributed by atoms with van der Waals surface area (Å²) in [7, 11) is 0. The molecule has 0 atom stereocenters. The first-order chi connectivity index (χ1) is 20.9. The zero-order valence-electron chi connectivity index (χ0n) is 23.4. The Balaban J connectivity index is 0.000000676. The van der Waals surface area contributed by atoms with Crippen molar-refractivity contribution >= 4 is 52.5 Å². The molecule has 3 heterocycles. The number of carbonyl (C=O) groups is 2. The van der Waals surface area contributed by atoms with Gasteiger partial charge in [0, 0.05) is 48.2 Å². The second kappa shape index (κ2) is 15.2. The Bertz CT molecular complexity index is 1650. The highest BCUT2D eigenvalue weighted by Crippen LogP contribution is 2.31. The van der Waals surface area contributed by atoms with Crippen molar-refractivity contribution < 1.29 is 27.9 Å². The fraction of sp³-hybridized carbons (Fsp3) is 0.286. The summed E-state index contributed by atoms with van der Waals surface area (Å²) in [5.74, 6) is -1.83. The van der Waals surface area contributed by atoms with E-state index in [1.54, 1.807) is 47.0 Å². The minimum Gasteiger partial charge on any atom is -0.475 e. The van der Waals surface area contributed by atoms with Gasteiger partial charge in [-0.05, 0) is 43.2 Å². The summed E-state index contributed by atoms with van der Waals surface area (Å²) in [6.45, 7) is 5.10. The van der Waals surface area contributed by atoms with Gasteiger partial charge in [0.15, 0.2) is 0 Å². The number of pyridine rings is 1. The number of hydrogen-bond acceptors (Lipinski definition) is 8. The number of nitrogens with zero attached hydrogens (tertiary/aromatic N) is 5. The molecule has 0 radical (unpaired) electrons. The molecule has 0 spiro atoms. The van der Waals surface area contributed by atoms with Gasteiger partial charge in [0.25, 0.3) is 5.91 Å². The van der Waals surface area contributed by atoms with Crippen LogP contribution in [-0.2, 0) is 4.79 Å². The van der Waals surface area contributed by atoms with Gasteiger partial charge in [-0.2, -0.15) is 18.4 Å². The van der Waals surface area contributed by atoms with Gasteiger partial charge in [-0.15, -0.1) is 0 Å². The Morgan fingerprint density at radius 1 is 1.07 bits per heavy atom. The molecule has 0 saturated carbocycles. The van der Waals surface area contributed by atoms with Crippen molar-refractivity contribution in [1.82, 2.24) is 24.7 Å². The number of aliphatic carboxylic acids is 1. The zero-order valence-corrected chi connectivity index (χ0v) is 24.9. The molecule has 44 heavy (non-hydrogen) atoms. The number of benzene rings is 1. The number of aromatic nitrogens is 4. The minimum atomic E-state index is -5.08. The van der Waals surface area contributed by atoms with Crippen LogP contribution in [0.1, 0.15) is 42.7 Å². The highest BCUT2D eigenvalue weighted by Gasteiger charge is 2.38. The van der Waals surface area contributed by atoms with Crippen molar-refractivity contribution in [3.05, 3.63) is 70.1 Å². The number of imidazole rings is 1. The quantitative estimate of drug-likeness (QED) is 0.150. The van der Waals surface area contributed by atoms with E-state index < -0.39 is 12.1 Å². The number of rotatable bonds is 10. The first-order valence-electron chi connectivity index (χ1n) is 13.2. The summed E-state index contributed by atoms with van der Waals surface area (Å²) >= 11 is 12.5. The van der Waals surface area contributed by atoms with E-state index >= 15 is 0 Å². The molecule has 0 fully saturated rings. The molecule has 4 aromatic rings. The van der Waals surface area contributed by atoms with Crippen LogP contribution in [0.2, 0.25) is 10.0 Å². The van der Waals surface area contributed by atoms with Crippen LogP contribution < -0.4 is 16.0 Å². The van der Waals surface area contributed by atoms with Crippen LogP contribution >= 0.6 is 23.2 Å². The number of nitriles is 1. The molecular weight excluding hydrogens is 624 g/mol. The van der Waals surface area contributed by atoms with E-state index in [-0.39, 0.29) is 11.9 Å². The van der Waals surface area contributed by atoms with Crippen LogP contribution in [0.4, 0.5) is 24.9 Å². The van der Waals surface area contributed by atoms with Crippen LogP contribution in [0.25, 0.3) is 16.9 Å². The topological polar surface area (TPSA) is 157 Å². The van der Waals surface area contributed by atoms with Crippen LogP contribution in [0.5, 0.6) is 0 Å². The maximum absolute atomic E-state index is 12.9. The molecule has 3 aromatic heterocycles. The number of alkyl halides is 3. The normalized spacial score (nSPS) is 11.0. The molecule has 1 aromatic carbocycles. The second-order valence-corrected chi connectivity index (χ2v) is 9.97. The van der Waals surface area contributed by atoms with Gasteiger partial charge < -0.3 is 21.1 Å². The lowest BCUT2D eigenvalue weighted by molar-refractivity contribution is -0.192. The predicted molar refractivity (Wildman–Crippen MR) is 160 cm³/mol. The average molecular weight is 651 g/mol. The van der Waals surface area contributed by atoms with Crippen LogP contribution in [-0.4, -0.2) is 61.6 Å². The summed E-state index contributed by atoms with van der Waals surface area (Å²) in [6, 6.07) is 12.6. The Hall–Kier alpha value is -4.61. The van der Waals surface area contributed by atoms with Gasteiger partial charge in [0.2, 0.25) is 5.95 Å². The van der Waals surface area contributed by atoms with Crippen LogP contribution in [0.15, 0.2) is 48.8 Å². The van der Waals surface area contributed by atoms with Crippen molar-refractivity contribution in [1.29, 1.82) is 5.26 Å². The lowest BCUT2D eigenvalue weighted by Gasteiger charge is -2.13. The zero-order chi connectivity index (χ0) is 32.4. The van der Waals surface area contributed by atoms with Gasteiger partial charge in [-0.3, -0.25) is 9.20 Å². The molecule has 0 bridgehead atoms. The maximum atomic E-state index is 12.9. The third-order valence-corrected chi connectivity index (χ3v) is 6.61. The van der Waals surface area contributed by atoms with Gasteiger partial charge in [-0.1, -0.05) is 37.0 Å². The van der Waals surface area contributed by atoms with Crippen molar-refractivity contribution in [2.45, 2.75) is 38.9 Å². The van der Waals surface area contributed by atoms with Crippen molar-refractivity contribution in [2.75, 3.05) is 23.7 Å². The SMILES string of the molecule is CCC(CC)NC(=O)c1cn2c(NCCNc3ccc(C#N)cn3)nc(-c3ccc(Cl)cc3Cl)cc2n1.O=C(O)C(F)(F)F. The van der Waals surface area contributed by atoms with Crippen molar-refractivity contribution in [2.24, 2.45) is 0 Å². The number of hydrogen-bond donors (Lipinski definition) is 4. The molecule has 0 unspecified atom stereocenters. The highest BCUT2D eigenvalue weighted by molar-refractivity contribution is 6.36. The second-order valence-electron chi connectivity index (χ2n) is 9.13. The number of carboxylic acids is 1. The average Bonchev–Trinajstić information content (AvgIpc) is 3.43. The van der Waals surface area contributed by atoms with E-state index in [9.17, 15) is 18.0 Å². The Morgan fingerprint density at radius 3 is 2.32 bits per heavy atom. The largest absolute Gasteiger partial charge is 0.490 e. The predicted octanol–water partition coefficient (Wildman–Crippen LogP) is 6.05. The highest BCUT2D eigenvalue weighted by atomic mass is 35.5. The minimum absolute atomic E-state index is 0.0818. The first kappa shape index (κ1) is 33.9. The molecule has 11 nitrogen and oxygen atoms in total. The van der Waals surface area contributed by atoms with Gasteiger partial charge >= 0.3 is 12.1 Å². The van der Waals surface area contributed by atoms with Crippen molar-refractivity contribution in [3.8, 4) is 17.3 Å².